The van der Waals surface area contributed by atoms with Gasteiger partial charge >= 0.3 is 0 Å². The van der Waals surface area contributed by atoms with Crippen molar-refractivity contribution in [3.63, 3.8) is 0 Å². The SMILES string of the molecule is Cc1ccc(C(=O)N2C[C@H](C)C[C@@H](C)C2)cc1N. The van der Waals surface area contributed by atoms with E-state index in [9.17, 15) is 4.79 Å². The number of nitrogens with two attached hydrogens (primary N) is 1. The van der Waals surface area contributed by atoms with E-state index in [-0.39, 0.29) is 5.91 Å². The summed E-state index contributed by atoms with van der Waals surface area (Å²) in [6, 6.07) is 5.58. The van der Waals surface area contributed by atoms with Crippen LogP contribution in [-0.2, 0) is 0 Å². The van der Waals surface area contributed by atoms with Crippen LogP contribution in [0.25, 0.3) is 0 Å². The number of aryl methyl sites for hydroxylation is 1. The number of benzene rings is 1. The van der Waals surface area contributed by atoms with E-state index in [2.05, 4.69) is 13.8 Å². The Bertz CT molecular complexity index is 446. The molecule has 0 saturated carbocycles. The quantitative estimate of drug-likeness (QED) is 0.774. The van der Waals surface area contributed by atoms with Gasteiger partial charge in [-0.15, -0.1) is 0 Å². The molecule has 1 amide bonds. The lowest BCUT2D eigenvalue weighted by molar-refractivity contribution is 0.0623. The van der Waals surface area contributed by atoms with Crippen molar-refractivity contribution in [2.24, 2.45) is 11.8 Å². The second-order valence-corrected chi connectivity index (χ2v) is 5.73. The smallest absolute Gasteiger partial charge is 0.253 e. The first-order valence-electron chi connectivity index (χ1n) is 6.62. The van der Waals surface area contributed by atoms with E-state index >= 15 is 0 Å². The summed E-state index contributed by atoms with van der Waals surface area (Å²) in [5, 5.41) is 0. The third-order valence-electron chi connectivity index (χ3n) is 3.68. The van der Waals surface area contributed by atoms with Gasteiger partial charge in [0.2, 0.25) is 0 Å². The van der Waals surface area contributed by atoms with Gasteiger partial charge in [-0.05, 0) is 42.9 Å². The highest BCUT2D eigenvalue weighted by Crippen LogP contribution is 2.23. The van der Waals surface area contributed by atoms with E-state index in [0.29, 0.717) is 23.1 Å². The number of piperidine rings is 1. The number of rotatable bonds is 1. The molecule has 3 heteroatoms. The zero-order chi connectivity index (χ0) is 13.3. The summed E-state index contributed by atoms with van der Waals surface area (Å²) >= 11 is 0. The van der Waals surface area contributed by atoms with Gasteiger partial charge in [0.05, 0.1) is 0 Å². The summed E-state index contributed by atoms with van der Waals surface area (Å²) in [5.74, 6) is 1.28. The molecular formula is C15H22N2O. The van der Waals surface area contributed by atoms with Gasteiger partial charge in [0.25, 0.3) is 5.91 Å². The molecule has 0 aliphatic carbocycles. The fourth-order valence-electron chi connectivity index (χ4n) is 2.78. The molecule has 1 aromatic rings. The highest BCUT2D eigenvalue weighted by molar-refractivity contribution is 5.95. The van der Waals surface area contributed by atoms with Crippen LogP contribution in [0, 0.1) is 18.8 Å². The van der Waals surface area contributed by atoms with Crippen molar-refractivity contribution in [3.05, 3.63) is 29.3 Å². The monoisotopic (exact) mass is 246 g/mol. The number of hydrogen-bond donors (Lipinski definition) is 1. The topological polar surface area (TPSA) is 46.3 Å². The van der Waals surface area contributed by atoms with Crippen molar-refractivity contribution >= 4 is 11.6 Å². The van der Waals surface area contributed by atoms with E-state index in [0.717, 1.165) is 18.7 Å². The van der Waals surface area contributed by atoms with Crippen molar-refractivity contribution in [1.82, 2.24) is 4.90 Å². The van der Waals surface area contributed by atoms with Gasteiger partial charge in [-0.25, -0.2) is 0 Å². The molecule has 2 rings (SSSR count). The van der Waals surface area contributed by atoms with E-state index < -0.39 is 0 Å². The third-order valence-corrected chi connectivity index (χ3v) is 3.68. The maximum absolute atomic E-state index is 12.4. The molecule has 0 bridgehead atoms. The van der Waals surface area contributed by atoms with Crippen LogP contribution in [-0.4, -0.2) is 23.9 Å². The number of carbonyl (C=O) groups excluding carboxylic acids is 1. The Balaban J connectivity index is 2.17. The number of carbonyl (C=O) groups is 1. The lowest BCUT2D eigenvalue weighted by Gasteiger charge is -2.35. The first-order valence-corrected chi connectivity index (χ1v) is 6.62. The van der Waals surface area contributed by atoms with Gasteiger partial charge in [-0.1, -0.05) is 19.9 Å². The predicted molar refractivity (Wildman–Crippen MR) is 74.4 cm³/mol. The second kappa shape index (κ2) is 5.01. The van der Waals surface area contributed by atoms with Crippen LogP contribution in [0.1, 0.15) is 36.2 Å². The molecule has 1 heterocycles. The molecule has 1 fully saturated rings. The first kappa shape index (κ1) is 12.9. The lowest BCUT2D eigenvalue weighted by atomic mass is 9.91. The van der Waals surface area contributed by atoms with Crippen molar-refractivity contribution < 1.29 is 4.79 Å². The van der Waals surface area contributed by atoms with Crippen molar-refractivity contribution in [3.8, 4) is 0 Å². The van der Waals surface area contributed by atoms with E-state index in [1.165, 1.54) is 6.42 Å². The van der Waals surface area contributed by atoms with Gasteiger partial charge in [0, 0.05) is 24.3 Å². The molecule has 1 aromatic carbocycles. The highest BCUT2D eigenvalue weighted by Gasteiger charge is 2.26. The molecule has 98 valence electrons. The Morgan fingerprint density at radius 3 is 2.44 bits per heavy atom. The third kappa shape index (κ3) is 2.66. The molecule has 3 nitrogen and oxygen atoms in total. The fourth-order valence-corrected chi connectivity index (χ4v) is 2.78. The summed E-state index contributed by atoms with van der Waals surface area (Å²) in [4.78, 5) is 14.4. The Hall–Kier alpha value is -1.51. The summed E-state index contributed by atoms with van der Waals surface area (Å²) in [6.07, 6.45) is 1.21. The average Bonchev–Trinajstić information content (AvgIpc) is 2.30. The summed E-state index contributed by atoms with van der Waals surface area (Å²) < 4.78 is 0. The number of nitrogens with zero attached hydrogens (tertiary/aromatic N) is 1. The Kier molecular flexibility index (Phi) is 3.60. The zero-order valence-electron chi connectivity index (χ0n) is 11.4. The normalized spacial score (nSPS) is 24.1. The molecule has 18 heavy (non-hydrogen) atoms. The Morgan fingerprint density at radius 1 is 1.28 bits per heavy atom. The van der Waals surface area contributed by atoms with Crippen LogP contribution in [0.3, 0.4) is 0 Å². The van der Waals surface area contributed by atoms with E-state index in [4.69, 9.17) is 5.73 Å². The fraction of sp³-hybridized carbons (Fsp3) is 0.533. The minimum absolute atomic E-state index is 0.111. The maximum atomic E-state index is 12.4. The minimum Gasteiger partial charge on any atom is -0.398 e. The van der Waals surface area contributed by atoms with Crippen LogP contribution in [0.15, 0.2) is 18.2 Å². The number of amides is 1. The summed E-state index contributed by atoms with van der Waals surface area (Å²) in [6.45, 7) is 8.08. The van der Waals surface area contributed by atoms with Crippen LogP contribution >= 0.6 is 0 Å². The number of likely N-dealkylation sites (tertiary alicyclic amines) is 1. The Morgan fingerprint density at radius 2 is 1.89 bits per heavy atom. The van der Waals surface area contributed by atoms with Gasteiger partial charge < -0.3 is 10.6 Å². The average molecular weight is 246 g/mol. The van der Waals surface area contributed by atoms with Gasteiger partial charge in [-0.2, -0.15) is 0 Å². The van der Waals surface area contributed by atoms with Crippen molar-refractivity contribution in [1.29, 1.82) is 0 Å². The molecule has 0 unspecified atom stereocenters. The van der Waals surface area contributed by atoms with Gasteiger partial charge in [0.1, 0.15) is 0 Å². The highest BCUT2D eigenvalue weighted by atomic mass is 16.2. The van der Waals surface area contributed by atoms with Crippen LogP contribution in [0.5, 0.6) is 0 Å². The number of anilines is 1. The number of nitrogen functional groups attached to an aromatic ring is 1. The van der Waals surface area contributed by atoms with Crippen LogP contribution < -0.4 is 5.73 Å². The maximum Gasteiger partial charge on any atom is 0.253 e. The summed E-state index contributed by atoms with van der Waals surface area (Å²) in [5.41, 5.74) is 8.29. The van der Waals surface area contributed by atoms with Crippen molar-refractivity contribution in [2.45, 2.75) is 27.2 Å². The van der Waals surface area contributed by atoms with Gasteiger partial charge in [0.15, 0.2) is 0 Å². The van der Waals surface area contributed by atoms with E-state index in [1.807, 2.05) is 24.0 Å². The molecular weight excluding hydrogens is 224 g/mol. The standard InChI is InChI=1S/C15H22N2O/c1-10-6-11(2)9-17(8-10)15(18)13-5-4-12(3)14(16)7-13/h4-5,7,10-11H,6,8-9,16H2,1-3H3/t10-,11-/m1/s1. The predicted octanol–water partition coefficient (Wildman–Crippen LogP) is 2.70. The van der Waals surface area contributed by atoms with E-state index in [1.54, 1.807) is 6.07 Å². The molecule has 1 saturated heterocycles. The van der Waals surface area contributed by atoms with Crippen LogP contribution in [0.4, 0.5) is 5.69 Å². The molecule has 0 radical (unpaired) electrons. The zero-order valence-corrected chi connectivity index (χ0v) is 11.4. The largest absolute Gasteiger partial charge is 0.398 e. The lowest BCUT2D eigenvalue weighted by Crippen LogP contribution is -2.42. The van der Waals surface area contributed by atoms with Crippen molar-refractivity contribution in [2.75, 3.05) is 18.8 Å². The molecule has 1 aliphatic rings. The molecule has 1 aliphatic heterocycles. The second-order valence-electron chi connectivity index (χ2n) is 5.73. The molecule has 2 atom stereocenters. The molecule has 0 aromatic heterocycles. The van der Waals surface area contributed by atoms with Gasteiger partial charge in [-0.3, -0.25) is 4.79 Å². The summed E-state index contributed by atoms with van der Waals surface area (Å²) in [7, 11) is 0. The number of hydrogen-bond acceptors (Lipinski definition) is 2. The molecule has 2 N–H and O–H groups in total. The molecule has 0 spiro atoms. The van der Waals surface area contributed by atoms with Crippen LogP contribution in [0.2, 0.25) is 0 Å². The minimum atomic E-state index is 0.111. The first-order chi connectivity index (χ1) is 8.47. The Labute approximate surface area is 109 Å².